The van der Waals surface area contributed by atoms with E-state index < -0.39 is 24.3 Å². The highest BCUT2D eigenvalue weighted by Gasteiger charge is 2.38. The molecular weight excluding hydrogens is 578 g/mol. The Hall–Kier alpha value is -4.54. The molecule has 0 aromatic carbocycles. The molecule has 0 amide bonds. The Bertz CT molecular complexity index is 1460. The maximum Gasteiger partial charge on any atom is 0.490 e. The first-order valence-corrected chi connectivity index (χ1v) is 12.1. The third kappa shape index (κ3) is 8.98. The summed E-state index contributed by atoms with van der Waals surface area (Å²) in [5, 5.41) is 14.2. The summed E-state index contributed by atoms with van der Waals surface area (Å²) in [7, 11) is 0. The Balaban J connectivity index is 0.000000289. The molecular formula is C25H24F6N6O5. The van der Waals surface area contributed by atoms with Crippen molar-refractivity contribution in [1.82, 2.24) is 29.4 Å². The Morgan fingerprint density at radius 2 is 1.52 bits per heavy atom. The van der Waals surface area contributed by atoms with Gasteiger partial charge in [-0.2, -0.15) is 26.3 Å². The number of aliphatic carboxylic acids is 2. The van der Waals surface area contributed by atoms with Crippen molar-refractivity contribution < 1.29 is 50.6 Å². The number of rotatable bonds is 4. The predicted molar refractivity (Wildman–Crippen MR) is 133 cm³/mol. The fraction of sp³-hybridized carbons (Fsp3) is 0.360. The van der Waals surface area contributed by atoms with Crippen LogP contribution in [0, 0.1) is 6.92 Å². The second-order valence-electron chi connectivity index (χ2n) is 8.92. The van der Waals surface area contributed by atoms with Crippen LogP contribution >= 0.6 is 0 Å². The number of carboxylic acid groups (broad SMARTS) is 2. The van der Waals surface area contributed by atoms with Crippen LogP contribution in [0.15, 0.2) is 53.6 Å². The normalized spacial score (nSPS) is 14.5. The fourth-order valence-electron chi connectivity index (χ4n) is 3.88. The van der Waals surface area contributed by atoms with Crippen molar-refractivity contribution in [3.05, 3.63) is 60.7 Å². The van der Waals surface area contributed by atoms with E-state index in [2.05, 4.69) is 30.5 Å². The van der Waals surface area contributed by atoms with Gasteiger partial charge in [-0.25, -0.2) is 24.5 Å². The Morgan fingerprint density at radius 1 is 0.952 bits per heavy atom. The van der Waals surface area contributed by atoms with Crippen LogP contribution in [0.2, 0.25) is 0 Å². The summed E-state index contributed by atoms with van der Waals surface area (Å²) in [5.41, 5.74) is 3.42. The molecule has 1 saturated heterocycles. The van der Waals surface area contributed by atoms with E-state index in [1.54, 1.807) is 18.6 Å². The Kier molecular flexibility index (Phi) is 10.2. The molecule has 17 heteroatoms. The van der Waals surface area contributed by atoms with Gasteiger partial charge in [0.05, 0.1) is 24.8 Å². The first-order chi connectivity index (χ1) is 19.6. The number of alkyl halides is 6. The largest absolute Gasteiger partial charge is 0.490 e. The van der Waals surface area contributed by atoms with Crippen LogP contribution in [0.4, 0.5) is 26.3 Å². The molecule has 11 nitrogen and oxygen atoms in total. The highest BCUT2D eigenvalue weighted by atomic mass is 19.4. The molecule has 5 heterocycles. The zero-order valence-electron chi connectivity index (χ0n) is 21.8. The van der Waals surface area contributed by atoms with Crippen molar-refractivity contribution in [3.8, 4) is 11.3 Å². The average molecular weight is 602 g/mol. The van der Waals surface area contributed by atoms with Gasteiger partial charge in [0.2, 0.25) is 0 Å². The highest BCUT2D eigenvalue weighted by molar-refractivity contribution is 5.73. The fourth-order valence-corrected chi connectivity index (χ4v) is 3.88. The van der Waals surface area contributed by atoms with E-state index in [1.807, 2.05) is 31.5 Å². The molecule has 0 aliphatic carbocycles. The Labute approximate surface area is 233 Å². The van der Waals surface area contributed by atoms with E-state index in [9.17, 15) is 26.3 Å². The number of hydrogen-bond acceptors (Lipinski definition) is 8. The quantitative estimate of drug-likeness (QED) is 0.309. The molecule has 0 spiro atoms. The van der Waals surface area contributed by atoms with Gasteiger partial charge in [-0.05, 0) is 44.0 Å². The zero-order valence-corrected chi connectivity index (χ0v) is 21.8. The summed E-state index contributed by atoms with van der Waals surface area (Å²) in [6.07, 6.45) is -0.831. The minimum Gasteiger partial charge on any atom is -0.475 e. The van der Waals surface area contributed by atoms with Crippen LogP contribution in [0.3, 0.4) is 0 Å². The van der Waals surface area contributed by atoms with Crippen molar-refractivity contribution in [1.29, 1.82) is 0 Å². The van der Waals surface area contributed by atoms with Gasteiger partial charge < -0.3 is 19.2 Å². The first-order valence-electron chi connectivity index (χ1n) is 12.1. The van der Waals surface area contributed by atoms with Crippen molar-refractivity contribution in [2.45, 2.75) is 44.7 Å². The molecule has 4 aromatic rings. The van der Waals surface area contributed by atoms with Gasteiger partial charge in [-0.15, -0.1) is 0 Å². The van der Waals surface area contributed by atoms with Crippen LogP contribution < -0.4 is 0 Å². The number of fused-ring (bicyclic) bond motifs is 1. The third-order valence-corrected chi connectivity index (χ3v) is 5.87. The summed E-state index contributed by atoms with van der Waals surface area (Å²) >= 11 is 0. The van der Waals surface area contributed by atoms with Gasteiger partial charge in [0.25, 0.3) is 0 Å². The lowest BCUT2D eigenvalue weighted by atomic mass is 10.0. The number of likely N-dealkylation sites (tertiary alicyclic amines) is 1. The minimum absolute atomic E-state index is 0.390. The SMILES string of the molecule is Cc1ccc(CN2CCC(n3cnc4ncc(-c5ccncc5)nc43)CC2)o1.O=C(O)C(F)(F)F.O=C(O)C(F)(F)F. The number of carboxylic acids is 2. The van der Waals surface area contributed by atoms with Gasteiger partial charge in [0, 0.05) is 37.1 Å². The summed E-state index contributed by atoms with van der Waals surface area (Å²) in [4.78, 5) is 38.1. The number of pyridine rings is 1. The number of halogens is 6. The highest BCUT2D eigenvalue weighted by Crippen LogP contribution is 2.27. The summed E-state index contributed by atoms with van der Waals surface area (Å²) < 4.78 is 71.4. The van der Waals surface area contributed by atoms with Gasteiger partial charge in [0.15, 0.2) is 11.3 Å². The van der Waals surface area contributed by atoms with E-state index in [4.69, 9.17) is 29.2 Å². The number of piperidine rings is 1. The van der Waals surface area contributed by atoms with E-state index in [0.717, 1.165) is 60.9 Å². The third-order valence-electron chi connectivity index (χ3n) is 5.87. The van der Waals surface area contributed by atoms with Crippen LogP contribution in [-0.4, -0.2) is 77.0 Å². The van der Waals surface area contributed by atoms with Crippen molar-refractivity contribution in [2.75, 3.05) is 13.1 Å². The van der Waals surface area contributed by atoms with Crippen molar-refractivity contribution in [3.63, 3.8) is 0 Å². The van der Waals surface area contributed by atoms with Gasteiger partial charge >= 0.3 is 24.3 Å². The molecule has 0 atom stereocenters. The molecule has 1 aliphatic heterocycles. The monoisotopic (exact) mass is 602 g/mol. The number of furan rings is 1. The maximum absolute atomic E-state index is 10.6. The second-order valence-corrected chi connectivity index (χ2v) is 8.92. The molecule has 226 valence electrons. The van der Waals surface area contributed by atoms with Crippen LogP contribution in [-0.2, 0) is 16.1 Å². The smallest absolute Gasteiger partial charge is 0.475 e. The lowest BCUT2D eigenvalue weighted by Gasteiger charge is -2.32. The molecule has 0 unspecified atom stereocenters. The van der Waals surface area contributed by atoms with Gasteiger partial charge in [-0.3, -0.25) is 9.88 Å². The molecule has 0 radical (unpaired) electrons. The number of aromatic nitrogens is 5. The number of aryl methyl sites for hydroxylation is 1. The van der Waals surface area contributed by atoms with E-state index in [0.29, 0.717) is 11.7 Å². The van der Waals surface area contributed by atoms with Crippen molar-refractivity contribution >= 4 is 23.2 Å². The topological polar surface area (TPSA) is 147 Å². The number of carbonyl (C=O) groups is 2. The maximum atomic E-state index is 10.6. The number of hydrogen-bond donors (Lipinski definition) is 2. The molecule has 0 bridgehead atoms. The zero-order chi connectivity index (χ0) is 31.1. The van der Waals surface area contributed by atoms with Gasteiger partial charge in [0.1, 0.15) is 11.5 Å². The molecule has 1 fully saturated rings. The number of nitrogens with zero attached hydrogens (tertiary/aromatic N) is 6. The molecule has 5 rings (SSSR count). The van der Waals surface area contributed by atoms with E-state index in [1.165, 1.54) is 0 Å². The van der Waals surface area contributed by atoms with E-state index >= 15 is 0 Å². The molecule has 42 heavy (non-hydrogen) atoms. The average Bonchev–Trinajstić information content (AvgIpc) is 3.54. The minimum atomic E-state index is -5.08. The van der Waals surface area contributed by atoms with Gasteiger partial charge in [-0.1, -0.05) is 0 Å². The molecule has 1 aliphatic rings. The molecule has 0 saturated carbocycles. The second kappa shape index (κ2) is 13.4. The summed E-state index contributed by atoms with van der Waals surface area (Å²) in [6, 6.07) is 8.39. The van der Waals surface area contributed by atoms with Crippen LogP contribution in [0.25, 0.3) is 22.6 Å². The lowest BCUT2D eigenvalue weighted by molar-refractivity contribution is -0.193. The Morgan fingerprint density at radius 3 is 2.02 bits per heavy atom. The van der Waals surface area contributed by atoms with Crippen LogP contribution in [0.1, 0.15) is 30.4 Å². The van der Waals surface area contributed by atoms with Crippen molar-refractivity contribution in [2.24, 2.45) is 0 Å². The van der Waals surface area contributed by atoms with Crippen LogP contribution in [0.5, 0.6) is 0 Å². The molecule has 2 N–H and O–H groups in total. The summed E-state index contributed by atoms with van der Waals surface area (Å²) in [6.45, 7) is 4.92. The lowest BCUT2D eigenvalue weighted by Crippen LogP contribution is -2.34. The van der Waals surface area contributed by atoms with E-state index in [-0.39, 0.29) is 0 Å². The summed E-state index contributed by atoms with van der Waals surface area (Å²) in [5.74, 6) is -3.50. The standard InChI is InChI=1S/C21H22N6O.2C2HF3O2/c1-15-2-3-18(28-15)13-26-10-6-17(7-11-26)27-14-24-20-21(27)25-19(12-23-20)16-4-8-22-9-5-16;2*3-2(4,5)1(6)7/h2-5,8-9,12,14,17H,6-7,10-11,13H2,1H3;2*(H,6,7). The predicted octanol–water partition coefficient (Wildman–Crippen LogP) is 4.89. The first kappa shape index (κ1) is 32.0. The number of imidazole rings is 1. The molecule has 4 aromatic heterocycles.